The van der Waals surface area contributed by atoms with Crippen molar-refractivity contribution in [3.05, 3.63) is 40.1 Å². The van der Waals surface area contributed by atoms with E-state index in [2.05, 4.69) is 15.0 Å². The molecule has 1 aromatic heterocycles. The summed E-state index contributed by atoms with van der Waals surface area (Å²) in [6.45, 7) is 0. The first-order valence-electron chi connectivity index (χ1n) is 4.53. The normalized spacial score (nSPS) is 9.89. The van der Waals surface area contributed by atoms with Gasteiger partial charge in [0.2, 0.25) is 10.6 Å². The van der Waals surface area contributed by atoms with Crippen LogP contribution in [0.25, 0.3) is 0 Å². The van der Waals surface area contributed by atoms with Gasteiger partial charge in [-0.05, 0) is 41.4 Å². The summed E-state index contributed by atoms with van der Waals surface area (Å²) in [6, 6.07) is 5.26. The molecule has 0 aliphatic carbocycles. The summed E-state index contributed by atoms with van der Waals surface area (Å²) in [5, 5.41) is 8.26. The Bertz CT molecular complexity index is 624. The lowest BCUT2D eigenvalue weighted by Crippen LogP contribution is -1.97. The van der Waals surface area contributed by atoms with Gasteiger partial charge in [-0.1, -0.05) is 0 Å². The fraction of sp³-hybridized carbons (Fsp3) is 0. The molecule has 0 fully saturated rings. The first-order valence-corrected chi connectivity index (χ1v) is 5.28. The van der Waals surface area contributed by atoms with Crippen LogP contribution in [-0.4, -0.2) is 15.0 Å². The molecule has 2 rings (SSSR count). The topological polar surface area (TPSA) is 71.7 Å². The lowest BCUT2D eigenvalue weighted by Gasteiger charge is -2.04. The molecular formula is C10H3Cl2FN4O. The maximum Gasteiger partial charge on any atom is 0.327 e. The van der Waals surface area contributed by atoms with Crippen LogP contribution in [0.4, 0.5) is 4.39 Å². The molecule has 2 aromatic rings. The van der Waals surface area contributed by atoms with Gasteiger partial charge < -0.3 is 4.74 Å². The summed E-state index contributed by atoms with van der Waals surface area (Å²) in [4.78, 5) is 10.8. The monoisotopic (exact) mass is 284 g/mol. The molecule has 0 unspecified atom stereocenters. The zero-order valence-corrected chi connectivity index (χ0v) is 10.1. The first kappa shape index (κ1) is 12.5. The smallest absolute Gasteiger partial charge is 0.327 e. The van der Waals surface area contributed by atoms with E-state index in [1.54, 1.807) is 6.07 Å². The number of halogens is 3. The largest absolute Gasteiger partial charge is 0.421 e. The predicted molar refractivity (Wildman–Crippen MR) is 61.0 cm³/mol. The molecule has 0 bridgehead atoms. The fourth-order valence-corrected chi connectivity index (χ4v) is 1.45. The van der Waals surface area contributed by atoms with Crippen molar-refractivity contribution >= 4 is 23.2 Å². The maximum absolute atomic E-state index is 13.5. The molecule has 8 heteroatoms. The minimum absolute atomic E-state index is 0.146. The summed E-state index contributed by atoms with van der Waals surface area (Å²) < 4.78 is 18.6. The Hall–Kier alpha value is -1.97. The average Bonchev–Trinajstić information content (AvgIpc) is 2.30. The predicted octanol–water partition coefficient (Wildman–Crippen LogP) is 2.98. The third-order valence-corrected chi connectivity index (χ3v) is 2.16. The van der Waals surface area contributed by atoms with Crippen LogP contribution in [0.15, 0.2) is 18.2 Å². The Morgan fingerprint density at radius 3 is 2.39 bits per heavy atom. The van der Waals surface area contributed by atoms with E-state index in [0.717, 1.165) is 6.07 Å². The summed E-state index contributed by atoms with van der Waals surface area (Å²) in [5.74, 6) is -0.867. The molecule has 0 spiro atoms. The van der Waals surface area contributed by atoms with Crippen LogP contribution in [0, 0.1) is 17.1 Å². The number of rotatable bonds is 2. The minimum atomic E-state index is -0.721. The molecule has 0 saturated heterocycles. The fourth-order valence-electron chi connectivity index (χ4n) is 1.11. The number of nitrogens with zero attached hydrogens (tertiary/aromatic N) is 4. The molecule has 18 heavy (non-hydrogen) atoms. The highest BCUT2D eigenvalue weighted by molar-refractivity contribution is 6.31. The van der Waals surface area contributed by atoms with Crippen LogP contribution in [0.3, 0.4) is 0 Å². The van der Waals surface area contributed by atoms with Crippen LogP contribution in [-0.2, 0) is 0 Å². The van der Waals surface area contributed by atoms with E-state index in [9.17, 15) is 4.39 Å². The van der Waals surface area contributed by atoms with Crippen LogP contribution in [0.1, 0.15) is 5.56 Å². The number of hydrogen-bond acceptors (Lipinski definition) is 5. The molecule has 0 aliphatic rings. The minimum Gasteiger partial charge on any atom is -0.421 e. The van der Waals surface area contributed by atoms with Gasteiger partial charge in [-0.3, -0.25) is 0 Å². The average molecular weight is 285 g/mol. The first-order chi connectivity index (χ1) is 8.58. The molecule has 1 heterocycles. The van der Waals surface area contributed by atoms with Crippen molar-refractivity contribution < 1.29 is 9.13 Å². The van der Waals surface area contributed by atoms with Crippen LogP contribution in [0.5, 0.6) is 11.8 Å². The van der Waals surface area contributed by atoms with E-state index in [1.807, 2.05) is 0 Å². The van der Waals surface area contributed by atoms with Gasteiger partial charge in [0, 0.05) is 0 Å². The van der Waals surface area contributed by atoms with E-state index in [4.69, 9.17) is 33.2 Å². The quantitative estimate of drug-likeness (QED) is 0.848. The number of aromatic nitrogens is 3. The molecule has 0 radical (unpaired) electrons. The number of benzene rings is 1. The zero-order valence-electron chi connectivity index (χ0n) is 8.56. The van der Waals surface area contributed by atoms with E-state index >= 15 is 0 Å². The second-order valence-electron chi connectivity index (χ2n) is 3.02. The number of hydrogen-bond donors (Lipinski definition) is 0. The number of ether oxygens (including phenoxy) is 1. The Balaban J connectivity index is 2.31. The molecular weight excluding hydrogens is 282 g/mol. The van der Waals surface area contributed by atoms with Crippen LogP contribution in [0.2, 0.25) is 10.6 Å². The van der Waals surface area contributed by atoms with Gasteiger partial charge in [-0.2, -0.15) is 20.2 Å². The van der Waals surface area contributed by atoms with Crippen LogP contribution < -0.4 is 4.74 Å². The molecule has 0 aliphatic heterocycles. The van der Waals surface area contributed by atoms with Crippen molar-refractivity contribution in [3.8, 4) is 17.8 Å². The Kier molecular flexibility index (Phi) is 3.55. The third kappa shape index (κ3) is 2.83. The molecule has 90 valence electrons. The molecule has 1 aromatic carbocycles. The highest BCUT2D eigenvalue weighted by Crippen LogP contribution is 2.23. The van der Waals surface area contributed by atoms with Crippen molar-refractivity contribution in [1.29, 1.82) is 5.26 Å². The second kappa shape index (κ2) is 5.12. The van der Waals surface area contributed by atoms with Crippen molar-refractivity contribution in [2.24, 2.45) is 0 Å². The molecule has 0 amide bonds. The van der Waals surface area contributed by atoms with Gasteiger partial charge in [0.25, 0.3) is 0 Å². The Morgan fingerprint density at radius 2 is 1.83 bits per heavy atom. The van der Waals surface area contributed by atoms with Crippen LogP contribution >= 0.6 is 23.2 Å². The summed E-state index contributed by atoms with van der Waals surface area (Å²) in [6.07, 6.45) is 0. The standard InChI is InChI=1S/C10H3Cl2FN4O/c11-8-15-9(12)17-10(16-8)18-7-2-1-5(4-14)3-6(7)13/h1-3H. The lowest BCUT2D eigenvalue weighted by molar-refractivity contribution is 0.409. The van der Waals surface area contributed by atoms with Crippen molar-refractivity contribution in [1.82, 2.24) is 15.0 Å². The Morgan fingerprint density at radius 1 is 1.17 bits per heavy atom. The summed E-state index contributed by atoms with van der Waals surface area (Å²) >= 11 is 11.1. The third-order valence-electron chi connectivity index (χ3n) is 1.82. The van der Waals surface area contributed by atoms with Crippen molar-refractivity contribution in [2.45, 2.75) is 0 Å². The van der Waals surface area contributed by atoms with Gasteiger partial charge in [0.15, 0.2) is 11.6 Å². The highest BCUT2D eigenvalue weighted by atomic mass is 35.5. The van der Waals surface area contributed by atoms with E-state index in [0.29, 0.717) is 0 Å². The van der Waals surface area contributed by atoms with Gasteiger partial charge >= 0.3 is 6.01 Å². The summed E-state index contributed by atoms with van der Waals surface area (Å²) in [7, 11) is 0. The van der Waals surface area contributed by atoms with Crippen molar-refractivity contribution in [2.75, 3.05) is 0 Å². The molecule has 0 N–H and O–H groups in total. The molecule has 0 saturated carbocycles. The number of nitriles is 1. The Labute approximate surface area is 111 Å². The lowest BCUT2D eigenvalue weighted by atomic mass is 10.2. The summed E-state index contributed by atoms with van der Waals surface area (Å²) in [5.41, 5.74) is 0.173. The van der Waals surface area contributed by atoms with E-state index < -0.39 is 5.82 Å². The SMILES string of the molecule is N#Cc1ccc(Oc2nc(Cl)nc(Cl)n2)c(F)c1. The van der Waals surface area contributed by atoms with Crippen molar-refractivity contribution in [3.63, 3.8) is 0 Å². The van der Waals surface area contributed by atoms with Gasteiger partial charge in [0.05, 0.1) is 11.6 Å². The molecule has 5 nitrogen and oxygen atoms in total. The second-order valence-corrected chi connectivity index (χ2v) is 3.69. The zero-order chi connectivity index (χ0) is 13.1. The van der Waals surface area contributed by atoms with E-state index in [-0.39, 0.29) is 27.9 Å². The maximum atomic E-state index is 13.5. The van der Waals surface area contributed by atoms with Gasteiger partial charge in [0.1, 0.15) is 0 Å². The van der Waals surface area contributed by atoms with Gasteiger partial charge in [-0.15, -0.1) is 0 Å². The molecule has 0 atom stereocenters. The highest BCUT2D eigenvalue weighted by Gasteiger charge is 2.10. The van der Waals surface area contributed by atoms with E-state index in [1.165, 1.54) is 12.1 Å². The van der Waals surface area contributed by atoms with Gasteiger partial charge in [-0.25, -0.2) is 4.39 Å².